The predicted octanol–water partition coefficient (Wildman–Crippen LogP) is 1.83. The van der Waals surface area contributed by atoms with Gasteiger partial charge in [-0.25, -0.2) is 18.6 Å². The Labute approximate surface area is 88.7 Å². The van der Waals surface area contributed by atoms with Crippen molar-refractivity contribution in [1.82, 2.24) is 4.98 Å². The summed E-state index contributed by atoms with van der Waals surface area (Å²) >= 11 is 5.61. The molecule has 1 aromatic rings. The van der Waals surface area contributed by atoms with Crippen molar-refractivity contribution in [1.29, 1.82) is 0 Å². The molecule has 7 heteroatoms. The maximum atomic E-state index is 12.3. The lowest BCUT2D eigenvalue weighted by Gasteiger charge is -2.07. The van der Waals surface area contributed by atoms with Crippen LogP contribution in [0, 0.1) is 0 Å². The molecule has 1 aromatic heterocycles. The molecule has 82 valence electrons. The smallest absolute Gasteiger partial charge is 0.356 e. The molecule has 0 atom stereocenters. The molecule has 0 amide bonds. The van der Waals surface area contributed by atoms with Gasteiger partial charge in [0.2, 0.25) is 0 Å². The number of alkyl halides is 2. The summed E-state index contributed by atoms with van der Waals surface area (Å²) in [6.45, 7) is -0.124. The summed E-state index contributed by atoms with van der Waals surface area (Å²) in [6, 6.07) is 0.999. The van der Waals surface area contributed by atoms with Crippen molar-refractivity contribution < 1.29 is 18.7 Å². The van der Waals surface area contributed by atoms with Crippen molar-refractivity contribution in [2.75, 3.05) is 0 Å². The molecule has 0 unspecified atom stereocenters. The number of carboxylic acids is 1. The molecule has 0 aromatic carbocycles. The van der Waals surface area contributed by atoms with Gasteiger partial charge < -0.3 is 10.8 Å². The van der Waals surface area contributed by atoms with Crippen molar-refractivity contribution in [3.63, 3.8) is 0 Å². The molecule has 0 fully saturated rings. The van der Waals surface area contributed by atoms with Crippen LogP contribution in [0.15, 0.2) is 6.07 Å². The first kappa shape index (κ1) is 11.8. The molecule has 0 aliphatic heterocycles. The summed E-state index contributed by atoms with van der Waals surface area (Å²) in [4.78, 5) is 13.9. The number of aromatic nitrogens is 1. The highest BCUT2D eigenvalue weighted by molar-refractivity contribution is 6.34. The van der Waals surface area contributed by atoms with E-state index in [1.54, 1.807) is 0 Å². The lowest BCUT2D eigenvalue weighted by molar-refractivity contribution is 0.0689. The molecule has 0 aliphatic carbocycles. The molecule has 0 radical (unpaired) electrons. The standard InChI is InChI=1S/C8H7ClF2N2O2/c9-5-3(2-12)1-4(7(10)11)13-6(5)8(14)15/h1,7H,2,12H2,(H,14,15). The second kappa shape index (κ2) is 4.50. The van der Waals surface area contributed by atoms with Gasteiger partial charge in [-0.1, -0.05) is 11.6 Å². The fourth-order valence-electron chi connectivity index (χ4n) is 1.01. The number of hydrogen-bond acceptors (Lipinski definition) is 3. The molecule has 1 rings (SSSR count). The third kappa shape index (κ3) is 2.40. The SMILES string of the molecule is NCc1cc(C(F)F)nc(C(=O)O)c1Cl. The molecular formula is C8H7ClF2N2O2. The number of rotatable bonds is 3. The van der Waals surface area contributed by atoms with Crippen LogP contribution in [0.2, 0.25) is 5.02 Å². The number of hydrogen-bond donors (Lipinski definition) is 2. The Morgan fingerprint density at radius 3 is 2.67 bits per heavy atom. The molecule has 1 heterocycles. The fourth-order valence-corrected chi connectivity index (χ4v) is 1.26. The summed E-state index contributed by atoms with van der Waals surface area (Å²) in [5.41, 5.74) is 4.13. The largest absolute Gasteiger partial charge is 0.476 e. The zero-order valence-corrected chi connectivity index (χ0v) is 8.13. The lowest BCUT2D eigenvalue weighted by atomic mass is 10.2. The Hall–Kier alpha value is -1.27. The number of carboxylic acid groups (broad SMARTS) is 1. The van der Waals surface area contributed by atoms with E-state index in [4.69, 9.17) is 22.4 Å². The van der Waals surface area contributed by atoms with E-state index in [0.717, 1.165) is 6.07 Å². The minimum Gasteiger partial charge on any atom is -0.476 e. The van der Waals surface area contributed by atoms with Crippen molar-refractivity contribution in [3.8, 4) is 0 Å². The molecule has 15 heavy (non-hydrogen) atoms. The minimum atomic E-state index is -2.86. The minimum absolute atomic E-state index is 0.124. The van der Waals surface area contributed by atoms with E-state index in [1.807, 2.05) is 0 Å². The number of carbonyl (C=O) groups is 1. The van der Waals surface area contributed by atoms with Gasteiger partial charge in [-0.3, -0.25) is 0 Å². The van der Waals surface area contributed by atoms with Crippen LogP contribution in [-0.4, -0.2) is 16.1 Å². The van der Waals surface area contributed by atoms with Crippen LogP contribution in [0.5, 0.6) is 0 Å². The van der Waals surface area contributed by atoms with E-state index in [9.17, 15) is 13.6 Å². The van der Waals surface area contributed by atoms with E-state index >= 15 is 0 Å². The fraction of sp³-hybridized carbons (Fsp3) is 0.250. The van der Waals surface area contributed by atoms with Crippen molar-refractivity contribution in [2.45, 2.75) is 13.0 Å². The van der Waals surface area contributed by atoms with Crippen molar-refractivity contribution in [2.24, 2.45) is 5.73 Å². The van der Waals surface area contributed by atoms with E-state index in [-0.39, 0.29) is 17.1 Å². The average molecular weight is 237 g/mol. The number of aromatic carboxylic acids is 1. The van der Waals surface area contributed by atoms with Crippen LogP contribution in [0.25, 0.3) is 0 Å². The van der Waals surface area contributed by atoms with Gasteiger partial charge in [0.05, 0.1) is 5.02 Å². The zero-order chi connectivity index (χ0) is 11.6. The van der Waals surface area contributed by atoms with Crippen LogP contribution in [0.4, 0.5) is 8.78 Å². The first-order valence-corrected chi connectivity index (χ1v) is 4.26. The number of nitrogens with two attached hydrogens (primary N) is 1. The Morgan fingerprint density at radius 1 is 1.67 bits per heavy atom. The summed E-state index contributed by atoms with van der Waals surface area (Å²) in [7, 11) is 0. The molecule has 0 saturated carbocycles. The van der Waals surface area contributed by atoms with Crippen molar-refractivity contribution >= 4 is 17.6 Å². The molecule has 3 N–H and O–H groups in total. The summed E-state index contributed by atoms with van der Waals surface area (Å²) < 4.78 is 24.6. The topological polar surface area (TPSA) is 76.2 Å². The highest BCUT2D eigenvalue weighted by atomic mass is 35.5. The van der Waals surface area contributed by atoms with Crippen LogP contribution in [0.1, 0.15) is 28.2 Å². The maximum Gasteiger partial charge on any atom is 0.356 e. The lowest BCUT2D eigenvalue weighted by Crippen LogP contribution is -2.09. The molecule has 4 nitrogen and oxygen atoms in total. The first-order chi connectivity index (χ1) is 6.97. The van der Waals surface area contributed by atoms with Crippen LogP contribution in [0.3, 0.4) is 0 Å². The Bertz CT molecular complexity index is 398. The van der Waals surface area contributed by atoms with Gasteiger partial charge in [-0.2, -0.15) is 0 Å². The second-order valence-corrected chi connectivity index (χ2v) is 3.06. The van der Waals surface area contributed by atoms with Gasteiger partial charge in [0, 0.05) is 6.54 Å². The van der Waals surface area contributed by atoms with Crippen LogP contribution >= 0.6 is 11.6 Å². The third-order valence-corrected chi connectivity index (χ3v) is 2.12. The normalized spacial score (nSPS) is 10.7. The van der Waals surface area contributed by atoms with Gasteiger partial charge in [0.25, 0.3) is 6.43 Å². The monoisotopic (exact) mass is 236 g/mol. The Morgan fingerprint density at radius 2 is 2.27 bits per heavy atom. The molecule has 0 saturated heterocycles. The number of pyridine rings is 1. The molecule has 0 spiro atoms. The Balaban J connectivity index is 3.38. The number of nitrogens with zero attached hydrogens (tertiary/aromatic N) is 1. The quantitative estimate of drug-likeness (QED) is 0.839. The van der Waals surface area contributed by atoms with Gasteiger partial charge in [0.15, 0.2) is 5.69 Å². The van der Waals surface area contributed by atoms with Crippen molar-refractivity contribution in [3.05, 3.63) is 28.0 Å². The van der Waals surface area contributed by atoms with Crippen LogP contribution in [-0.2, 0) is 6.54 Å². The van der Waals surface area contributed by atoms with Gasteiger partial charge in [-0.15, -0.1) is 0 Å². The van der Waals surface area contributed by atoms with E-state index in [0.29, 0.717) is 0 Å². The van der Waals surface area contributed by atoms with Crippen LogP contribution < -0.4 is 5.73 Å². The maximum absolute atomic E-state index is 12.3. The predicted molar refractivity (Wildman–Crippen MR) is 49.1 cm³/mol. The zero-order valence-electron chi connectivity index (χ0n) is 7.38. The van der Waals surface area contributed by atoms with E-state index in [2.05, 4.69) is 4.98 Å². The Kier molecular flexibility index (Phi) is 3.54. The highest BCUT2D eigenvalue weighted by Crippen LogP contribution is 2.25. The van der Waals surface area contributed by atoms with E-state index in [1.165, 1.54) is 0 Å². The summed E-state index contributed by atoms with van der Waals surface area (Å²) in [5, 5.41) is 8.46. The average Bonchev–Trinajstić information content (AvgIpc) is 2.17. The summed E-state index contributed by atoms with van der Waals surface area (Å²) in [6.07, 6.45) is -2.86. The molecular weight excluding hydrogens is 230 g/mol. The second-order valence-electron chi connectivity index (χ2n) is 2.68. The summed E-state index contributed by atoms with van der Waals surface area (Å²) in [5.74, 6) is -1.46. The first-order valence-electron chi connectivity index (χ1n) is 3.88. The highest BCUT2D eigenvalue weighted by Gasteiger charge is 2.19. The number of halogens is 3. The third-order valence-electron chi connectivity index (χ3n) is 1.70. The van der Waals surface area contributed by atoms with Gasteiger partial charge in [-0.05, 0) is 11.6 Å². The van der Waals surface area contributed by atoms with Gasteiger partial charge >= 0.3 is 5.97 Å². The van der Waals surface area contributed by atoms with Gasteiger partial charge in [0.1, 0.15) is 5.69 Å². The van der Waals surface area contributed by atoms with E-state index < -0.39 is 23.8 Å². The molecule has 0 bridgehead atoms. The molecule has 0 aliphatic rings.